The van der Waals surface area contributed by atoms with Crippen LogP contribution in [0.1, 0.15) is 68.4 Å². The molecule has 194 valence electrons. The summed E-state index contributed by atoms with van der Waals surface area (Å²) in [5.74, 6) is -0.782. The Morgan fingerprint density at radius 3 is 2.17 bits per heavy atom. The maximum Gasteiger partial charge on any atom is 0.328 e. The van der Waals surface area contributed by atoms with Crippen LogP contribution in [0.5, 0.6) is 5.75 Å². The summed E-state index contributed by atoms with van der Waals surface area (Å²) in [7, 11) is 2.27. The van der Waals surface area contributed by atoms with Gasteiger partial charge >= 0.3 is 11.9 Å². The number of ether oxygens (including phenoxy) is 1. The van der Waals surface area contributed by atoms with Crippen molar-refractivity contribution in [2.24, 2.45) is 0 Å². The summed E-state index contributed by atoms with van der Waals surface area (Å²) in [4.78, 5) is 21.6. The molecule has 0 bridgehead atoms. The normalized spacial score (nSPS) is 18.2. The van der Waals surface area contributed by atoms with Gasteiger partial charge in [-0.1, -0.05) is 61.4 Å². The first-order chi connectivity index (χ1) is 17.4. The summed E-state index contributed by atoms with van der Waals surface area (Å²) >= 11 is 0. The Hall–Kier alpha value is -3.12. The fourth-order valence-corrected chi connectivity index (χ4v) is 5.42. The van der Waals surface area contributed by atoms with Crippen molar-refractivity contribution >= 4 is 11.9 Å². The van der Waals surface area contributed by atoms with Crippen molar-refractivity contribution < 1.29 is 24.5 Å². The molecule has 36 heavy (non-hydrogen) atoms. The molecule has 0 amide bonds. The van der Waals surface area contributed by atoms with Crippen LogP contribution in [0, 0.1) is 0 Å². The number of carbonyl (C=O) groups is 2. The predicted octanol–water partition coefficient (Wildman–Crippen LogP) is 5.92. The Kier molecular flexibility index (Phi) is 10.6. The average Bonchev–Trinajstić information content (AvgIpc) is 2.99. The fraction of sp³-hybridized carbons (Fsp3) is 0.467. The highest BCUT2D eigenvalue weighted by Crippen LogP contribution is 2.52. The molecule has 1 aliphatic carbocycles. The number of nitrogens with zero attached hydrogens (tertiary/aromatic N) is 1. The van der Waals surface area contributed by atoms with Gasteiger partial charge in [0.25, 0.3) is 0 Å². The molecule has 1 fully saturated rings. The molecular formula is C30H39NO5. The minimum atomic E-state index is -1.26. The van der Waals surface area contributed by atoms with Gasteiger partial charge in [-0.25, -0.2) is 9.59 Å². The number of hydrogen-bond acceptors (Lipinski definition) is 4. The van der Waals surface area contributed by atoms with Crippen molar-refractivity contribution in [2.45, 2.75) is 69.3 Å². The molecule has 0 saturated heterocycles. The van der Waals surface area contributed by atoms with Crippen LogP contribution < -0.4 is 4.74 Å². The predicted molar refractivity (Wildman–Crippen MR) is 142 cm³/mol. The van der Waals surface area contributed by atoms with Gasteiger partial charge in [-0.2, -0.15) is 0 Å². The third-order valence-electron chi connectivity index (χ3n) is 7.22. The third-order valence-corrected chi connectivity index (χ3v) is 7.22. The smallest absolute Gasteiger partial charge is 0.328 e. The number of benzene rings is 2. The van der Waals surface area contributed by atoms with Crippen LogP contribution in [-0.2, 0) is 16.0 Å². The fourth-order valence-electron chi connectivity index (χ4n) is 5.42. The van der Waals surface area contributed by atoms with Crippen LogP contribution in [0.2, 0.25) is 0 Å². The molecular weight excluding hydrogens is 454 g/mol. The first-order valence-corrected chi connectivity index (χ1v) is 13.0. The molecule has 2 N–H and O–H groups in total. The van der Waals surface area contributed by atoms with Gasteiger partial charge in [0, 0.05) is 30.2 Å². The monoisotopic (exact) mass is 493 g/mol. The van der Waals surface area contributed by atoms with Crippen molar-refractivity contribution in [1.29, 1.82) is 0 Å². The van der Waals surface area contributed by atoms with Gasteiger partial charge in [-0.05, 0) is 70.2 Å². The molecule has 1 atom stereocenters. The highest BCUT2D eigenvalue weighted by atomic mass is 16.5. The zero-order valence-corrected chi connectivity index (χ0v) is 21.3. The molecule has 0 radical (unpaired) electrons. The van der Waals surface area contributed by atoms with E-state index in [1.54, 1.807) is 0 Å². The molecule has 0 aromatic heterocycles. The number of hydrogen-bond donors (Lipinski definition) is 2. The average molecular weight is 494 g/mol. The van der Waals surface area contributed by atoms with Crippen molar-refractivity contribution in [1.82, 2.24) is 4.90 Å². The van der Waals surface area contributed by atoms with E-state index in [1.165, 1.54) is 69.0 Å². The number of aliphatic carboxylic acids is 2. The summed E-state index contributed by atoms with van der Waals surface area (Å²) in [5.41, 5.74) is 2.98. The van der Waals surface area contributed by atoms with Gasteiger partial charge in [0.05, 0.1) is 0 Å². The summed E-state index contributed by atoms with van der Waals surface area (Å²) in [6.45, 7) is 2.30. The van der Waals surface area contributed by atoms with Crippen LogP contribution in [0.25, 0.3) is 0 Å². The van der Waals surface area contributed by atoms with E-state index >= 15 is 0 Å². The molecule has 6 heteroatoms. The van der Waals surface area contributed by atoms with Crippen molar-refractivity contribution in [2.75, 3.05) is 20.1 Å². The quantitative estimate of drug-likeness (QED) is 0.422. The number of likely N-dealkylation sites (N-methyl/N-ethyl adjacent to an activating group) is 1. The van der Waals surface area contributed by atoms with E-state index in [4.69, 9.17) is 14.9 Å². The zero-order valence-electron chi connectivity index (χ0n) is 21.3. The molecule has 2 aliphatic rings. The SMILES string of the molecule is CN(CCCC1c2ccccc2OC12CCCCCC2)CCc1ccccc1.O=C(O)C=CC(=O)O. The molecule has 1 spiro atoms. The van der Waals surface area contributed by atoms with Gasteiger partial charge in [0.1, 0.15) is 11.4 Å². The summed E-state index contributed by atoms with van der Waals surface area (Å²) in [6.07, 6.45) is 12.6. The van der Waals surface area contributed by atoms with Gasteiger partial charge in [0.2, 0.25) is 0 Å². The molecule has 6 nitrogen and oxygen atoms in total. The number of fused-ring (bicyclic) bond motifs is 1. The highest BCUT2D eigenvalue weighted by Gasteiger charge is 2.47. The Morgan fingerprint density at radius 2 is 1.53 bits per heavy atom. The Balaban J connectivity index is 0.000000392. The van der Waals surface area contributed by atoms with Gasteiger partial charge < -0.3 is 19.8 Å². The van der Waals surface area contributed by atoms with Crippen molar-refractivity contribution in [3.8, 4) is 5.75 Å². The Labute approximate surface area is 214 Å². The third kappa shape index (κ3) is 8.23. The van der Waals surface area contributed by atoms with Gasteiger partial charge in [-0.15, -0.1) is 0 Å². The molecule has 2 aromatic rings. The number of carboxylic acids is 2. The first kappa shape index (κ1) is 27.5. The second-order valence-corrected chi connectivity index (χ2v) is 9.86. The Morgan fingerprint density at radius 1 is 0.917 bits per heavy atom. The lowest BCUT2D eigenvalue weighted by Crippen LogP contribution is -2.38. The van der Waals surface area contributed by atoms with E-state index in [-0.39, 0.29) is 5.60 Å². The van der Waals surface area contributed by atoms with Gasteiger partial charge in [0.15, 0.2) is 0 Å². The largest absolute Gasteiger partial charge is 0.486 e. The summed E-state index contributed by atoms with van der Waals surface area (Å²) in [6, 6.07) is 19.7. The summed E-state index contributed by atoms with van der Waals surface area (Å²) < 4.78 is 6.68. The van der Waals surface area contributed by atoms with E-state index in [2.05, 4.69) is 66.5 Å². The van der Waals surface area contributed by atoms with Gasteiger partial charge in [-0.3, -0.25) is 0 Å². The van der Waals surface area contributed by atoms with Crippen LogP contribution in [-0.4, -0.2) is 52.8 Å². The molecule has 4 rings (SSSR count). The lowest BCUT2D eigenvalue weighted by molar-refractivity contribution is -0.134. The topological polar surface area (TPSA) is 87.1 Å². The van der Waals surface area contributed by atoms with Crippen LogP contribution in [0.15, 0.2) is 66.7 Å². The maximum absolute atomic E-state index is 9.55. The Bertz CT molecular complexity index is 979. The minimum Gasteiger partial charge on any atom is -0.486 e. The lowest BCUT2D eigenvalue weighted by atomic mass is 9.76. The maximum atomic E-state index is 9.55. The number of carboxylic acid groups (broad SMARTS) is 2. The molecule has 1 unspecified atom stereocenters. The van der Waals surface area contributed by atoms with E-state index in [0.717, 1.165) is 18.7 Å². The minimum absolute atomic E-state index is 0.0722. The molecule has 2 aromatic carbocycles. The van der Waals surface area contributed by atoms with Crippen LogP contribution in [0.4, 0.5) is 0 Å². The van der Waals surface area contributed by atoms with Crippen LogP contribution >= 0.6 is 0 Å². The highest BCUT2D eigenvalue weighted by molar-refractivity contribution is 5.89. The first-order valence-electron chi connectivity index (χ1n) is 13.0. The second kappa shape index (κ2) is 13.8. The van der Waals surface area contributed by atoms with E-state index in [1.807, 2.05) is 0 Å². The number of para-hydroxylation sites is 1. The number of rotatable bonds is 9. The zero-order chi connectivity index (χ0) is 25.8. The molecule has 1 heterocycles. The van der Waals surface area contributed by atoms with E-state index in [9.17, 15) is 9.59 Å². The summed E-state index contributed by atoms with van der Waals surface area (Å²) in [5, 5.41) is 15.6. The molecule has 1 aliphatic heterocycles. The van der Waals surface area contributed by atoms with E-state index < -0.39 is 11.9 Å². The molecule has 1 saturated carbocycles. The standard InChI is InChI=1S/C26H35NO.C4H4O4/c1-27(21-17-22-12-5-4-6-13-22)20-11-15-24-23-14-7-8-16-25(23)28-26(24)18-9-2-3-10-19-26;5-3(6)1-2-4(7)8/h4-8,12-14,16,24H,2-3,9-11,15,17-21H2,1H3;1-2H,(H,5,6)(H,7,8). The lowest BCUT2D eigenvalue weighted by Gasteiger charge is -2.34. The van der Waals surface area contributed by atoms with Crippen molar-refractivity contribution in [3.63, 3.8) is 0 Å². The van der Waals surface area contributed by atoms with E-state index in [0.29, 0.717) is 18.1 Å². The van der Waals surface area contributed by atoms with Crippen LogP contribution in [0.3, 0.4) is 0 Å². The second-order valence-electron chi connectivity index (χ2n) is 9.86. The van der Waals surface area contributed by atoms with Crippen molar-refractivity contribution in [3.05, 3.63) is 77.9 Å².